The maximum atomic E-state index is 11.7. The zero-order chi connectivity index (χ0) is 11.3. The first kappa shape index (κ1) is 11.0. The molecule has 2 amide bonds. The second-order valence-electron chi connectivity index (χ2n) is 2.84. The average molecular weight is 208 g/mol. The number of ether oxygens (including phenoxy) is 1. The highest BCUT2D eigenvalue weighted by atomic mass is 16.5. The number of hydrazine groups is 1. The molecular formula is C10H12N2O3. The lowest BCUT2D eigenvalue weighted by Gasteiger charge is -2.15. The summed E-state index contributed by atoms with van der Waals surface area (Å²) >= 11 is 0. The highest BCUT2D eigenvalue weighted by Crippen LogP contribution is 2.13. The number of carbonyl (C=O) groups is 2. The molecule has 0 bridgehead atoms. The van der Waals surface area contributed by atoms with Gasteiger partial charge in [-0.3, -0.25) is 20.0 Å². The molecule has 0 aliphatic rings. The molecule has 0 aliphatic heterocycles. The van der Waals surface area contributed by atoms with E-state index in [9.17, 15) is 9.59 Å². The van der Waals surface area contributed by atoms with E-state index in [4.69, 9.17) is 4.74 Å². The Labute approximate surface area is 87.6 Å². The van der Waals surface area contributed by atoms with Crippen LogP contribution < -0.4 is 10.2 Å². The molecule has 1 aromatic rings. The van der Waals surface area contributed by atoms with Crippen LogP contribution in [0.25, 0.3) is 0 Å². The van der Waals surface area contributed by atoms with E-state index in [1.807, 2.05) is 0 Å². The number of nitrogens with zero attached hydrogens (tertiary/aromatic N) is 1. The van der Waals surface area contributed by atoms with Gasteiger partial charge >= 0.3 is 0 Å². The van der Waals surface area contributed by atoms with E-state index >= 15 is 0 Å². The van der Waals surface area contributed by atoms with E-state index < -0.39 is 0 Å². The second kappa shape index (κ2) is 4.99. The van der Waals surface area contributed by atoms with Crippen molar-refractivity contribution in [3.63, 3.8) is 0 Å². The Morgan fingerprint density at radius 3 is 2.87 bits per heavy atom. The molecule has 80 valence electrons. The summed E-state index contributed by atoms with van der Waals surface area (Å²) < 4.78 is 4.98. The summed E-state index contributed by atoms with van der Waals surface area (Å²) in [6.07, 6.45) is 0.443. The van der Waals surface area contributed by atoms with Gasteiger partial charge in [0.25, 0.3) is 5.91 Å². The monoisotopic (exact) mass is 208 g/mol. The van der Waals surface area contributed by atoms with E-state index in [0.717, 1.165) is 5.01 Å². The van der Waals surface area contributed by atoms with Gasteiger partial charge in [0.15, 0.2) is 0 Å². The van der Waals surface area contributed by atoms with Gasteiger partial charge in [0.05, 0.1) is 7.11 Å². The lowest BCUT2D eigenvalue weighted by Crippen LogP contribution is -2.38. The largest absolute Gasteiger partial charge is 0.497 e. The molecule has 0 saturated carbocycles. The molecule has 0 atom stereocenters. The molecule has 0 spiro atoms. The standard InChI is InChI=1S/C10H12N2O3/c1-12(11-7-13)10(14)8-4-3-5-9(6-8)15-2/h3-7H,1-2H3,(H,11,13). The van der Waals surface area contributed by atoms with Crippen LogP contribution in [-0.4, -0.2) is 31.5 Å². The van der Waals surface area contributed by atoms with Crippen molar-refractivity contribution in [3.05, 3.63) is 29.8 Å². The minimum Gasteiger partial charge on any atom is -0.497 e. The number of methoxy groups -OCH3 is 1. The van der Waals surface area contributed by atoms with Crippen molar-refractivity contribution in [3.8, 4) is 5.75 Å². The third-order valence-corrected chi connectivity index (χ3v) is 1.87. The maximum absolute atomic E-state index is 11.7. The Morgan fingerprint density at radius 1 is 1.53 bits per heavy atom. The Morgan fingerprint density at radius 2 is 2.27 bits per heavy atom. The molecule has 1 N–H and O–H groups in total. The summed E-state index contributed by atoms with van der Waals surface area (Å²) in [4.78, 5) is 21.8. The Kier molecular flexibility index (Phi) is 3.68. The Balaban J connectivity index is 2.85. The fraction of sp³-hybridized carbons (Fsp3) is 0.200. The van der Waals surface area contributed by atoms with Gasteiger partial charge < -0.3 is 4.74 Å². The van der Waals surface area contributed by atoms with Crippen molar-refractivity contribution in [2.75, 3.05) is 14.2 Å². The van der Waals surface area contributed by atoms with Crippen LogP contribution in [0.4, 0.5) is 0 Å². The van der Waals surface area contributed by atoms with Crippen molar-refractivity contribution < 1.29 is 14.3 Å². The van der Waals surface area contributed by atoms with Crippen LogP contribution in [0, 0.1) is 0 Å². The van der Waals surface area contributed by atoms with Crippen molar-refractivity contribution in [2.45, 2.75) is 0 Å². The molecule has 0 aromatic heterocycles. The quantitative estimate of drug-likeness (QED) is 0.576. The van der Waals surface area contributed by atoms with Crippen molar-refractivity contribution in [1.29, 1.82) is 0 Å². The minimum atomic E-state index is -0.305. The van der Waals surface area contributed by atoms with Crippen LogP contribution in [0.1, 0.15) is 10.4 Å². The van der Waals surface area contributed by atoms with E-state index in [1.165, 1.54) is 14.2 Å². The highest BCUT2D eigenvalue weighted by molar-refractivity contribution is 5.94. The molecule has 0 saturated heterocycles. The van der Waals surface area contributed by atoms with Gasteiger partial charge in [0.2, 0.25) is 6.41 Å². The molecule has 0 radical (unpaired) electrons. The van der Waals surface area contributed by atoms with Gasteiger partial charge in [-0.05, 0) is 18.2 Å². The van der Waals surface area contributed by atoms with Crippen LogP contribution in [0.2, 0.25) is 0 Å². The summed E-state index contributed by atoms with van der Waals surface area (Å²) in [6, 6.07) is 6.70. The van der Waals surface area contributed by atoms with Gasteiger partial charge in [-0.2, -0.15) is 0 Å². The van der Waals surface area contributed by atoms with Crippen LogP contribution in [-0.2, 0) is 4.79 Å². The van der Waals surface area contributed by atoms with Gasteiger partial charge in [0.1, 0.15) is 5.75 Å². The van der Waals surface area contributed by atoms with Crippen LogP contribution in [0.15, 0.2) is 24.3 Å². The smallest absolute Gasteiger partial charge is 0.272 e. The third-order valence-electron chi connectivity index (χ3n) is 1.87. The van der Waals surface area contributed by atoms with Gasteiger partial charge in [0, 0.05) is 12.6 Å². The summed E-state index contributed by atoms with van der Waals surface area (Å²) in [5.74, 6) is 0.293. The minimum absolute atomic E-state index is 0.305. The molecule has 5 heteroatoms. The third kappa shape index (κ3) is 2.70. The van der Waals surface area contributed by atoms with Gasteiger partial charge in [-0.15, -0.1) is 0 Å². The predicted octanol–water partition coefficient (Wildman–Crippen LogP) is 0.428. The summed E-state index contributed by atoms with van der Waals surface area (Å²) in [5.41, 5.74) is 2.69. The summed E-state index contributed by atoms with van der Waals surface area (Å²) in [7, 11) is 2.99. The zero-order valence-corrected chi connectivity index (χ0v) is 8.56. The zero-order valence-electron chi connectivity index (χ0n) is 8.56. The molecule has 5 nitrogen and oxygen atoms in total. The molecular weight excluding hydrogens is 196 g/mol. The first-order valence-electron chi connectivity index (χ1n) is 4.31. The topological polar surface area (TPSA) is 58.6 Å². The molecule has 0 unspecified atom stereocenters. The summed E-state index contributed by atoms with van der Waals surface area (Å²) in [5, 5.41) is 1.10. The van der Waals surface area contributed by atoms with E-state index in [1.54, 1.807) is 24.3 Å². The number of rotatable bonds is 4. The van der Waals surface area contributed by atoms with Gasteiger partial charge in [-0.25, -0.2) is 0 Å². The van der Waals surface area contributed by atoms with E-state index in [2.05, 4.69) is 5.43 Å². The highest BCUT2D eigenvalue weighted by Gasteiger charge is 2.11. The van der Waals surface area contributed by atoms with Crippen molar-refractivity contribution >= 4 is 12.3 Å². The molecule has 0 heterocycles. The second-order valence-corrected chi connectivity index (χ2v) is 2.84. The lowest BCUT2D eigenvalue weighted by molar-refractivity contribution is -0.112. The maximum Gasteiger partial charge on any atom is 0.272 e. The van der Waals surface area contributed by atoms with Crippen molar-refractivity contribution in [1.82, 2.24) is 10.4 Å². The first-order valence-corrected chi connectivity index (χ1v) is 4.31. The number of nitrogens with one attached hydrogen (secondary N) is 1. The van der Waals surface area contributed by atoms with E-state index in [0.29, 0.717) is 17.7 Å². The Hall–Kier alpha value is -2.04. The Bertz CT molecular complexity index is 365. The molecule has 1 rings (SSSR count). The van der Waals surface area contributed by atoms with Gasteiger partial charge in [-0.1, -0.05) is 6.07 Å². The number of benzene rings is 1. The molecule has 0 aliphatic carbocycles. The number of carbonyl (C=O) groups excluding carboxylic acids is 2. The molecule has 0 fully saturated rings. The fourth-order valence-electron chi connectivity index (χ4n) is 1.09. The molecule has 1 aromatic carbocycles. The van der Waals surface area contributed by atoms with Crippen LogP contribution in [0.3, 0.4) is 0 Å². The SMILES string of the molecule is COc1cccc(C(=O)N(C)NC=O)c1. The first-order chi connectivity index (χ1) is 7.19. The van der Waals surface area contributed by atoms with E-state index in [-0.39, 0.29) is 5.91 Å². The summed E-state index contributed by atoms with van der Waals surface area (Å²) in [6.45, 7) is 0. The molecule has 15 heavy (non-hydrogen) atoms. The fourth-order valence-corrected chi connectivity index (χ4v) is 1.09. The number of hydrogen-bond donors (Lipinski definition) is 1. The van der Waals surface area contributed by atoms with Crippen LogP contribution >= 0.6 is 0 Å². The normalized spacial score (nSPS) is 9.20. The number of hydrogen-bond acceptors (Lipinski definition) is 3. The predicted molar refractivity (Wildman–Crippen MR) is 54.3 cm³/mol. The van der Waals surface area contributed by atoms with Crippen molar-refractivity contribution in [2.24, 2.45) is 0 Å². The van der Waals surface area contributed by atoms with Crippen LogP contribution in [0.5, 0.6) is 5.75 Å². The lowest BCUT2D eigenvalue weighted by atomic mass is 10.2. The number of amides is 2. The average Bonchev–Trinajstić information content (AvgIpc) is 2.28.